The van der Waals surface area contributed by atoms with Gasteiger partial charge >= 0.3 is 0 Å². The lowest BCUT2D eigenvalue weighted by atomic mass is 10.1. The summed E-state index contributed by atoms with van der Waals surface area (Å²) in [5.74, 6) is 0.668. The van der Waals surface area contributed by atoms with Crippen LogP contribution in [0.4, 0.5) is 0 Å². The quantitative estimate of drug-likeness (QED) is 0.782. The van der Waals surface area contributed by atoms with E-state index in [0.717, 1.165) is 5.56 Å². The highest BCUT2D eigenvalue weighted by atomic mass is 16.3. The molecule has 1 aromatic carbocycles. The molecule has 0 unspecified atom stereocenters. The summed E-state index contributed by atoms with van der Waals surface area (Å²) in [5.41, 5.74) is 6.36. The number of para-hydroxylation sites is 1. The Morgan fingerprint density at radius 1 is 1.33 bits per heavy atom. The first-order valence-corrected chi connectivity index (χ1v) is 5.37. The topological polar surface area (TPSA) is 73.3 Å². The van der Waals surface area contributed by atoms with Gasteiger partial charge in [-0.15, -0.1) is 0 Å². The molecular weight excluding hydrogens is 230 g/mol. The van der Waals surface area contributed by atoms with Gasteiger partial charge in [0, 0.05) is 11.1 Å². The molecule has 4 nitrogen and oxygen atoms in total. The van der Waals surface area contributed by atoms with Crippen LogP contribution in [0.3, 0.4) is 0 Å². The molecular formula is C14H15NO3. The molecule has 1 heterocycles. The number of carbonyl (C=O) groups is 1. The molecule has 2 N–H and O–H groups in total. The number of rotatable bonds is 1. The Balaban J connectivity index is 0.000000492. The van der Waals surface area contributed by atoms with E-state index in [4.69, 9.17) is 9.21 Å². The summed E-state index contributed by atoms with van der Waals surface area (Å²) in [5, 5.41) is 0.621. The molecule has 0 fully saturated rings. The number of hydrogen-bond donors (Lipinski definition) is 1. The van der Waals surface area contributed by atoms with Gasteiger partial charge in [-0.25, -0.2) is 0 Å². The molecule has 0 aliphatic carbocycles. The third-order valence-electron chi connectivity index (χ3n) is 2.63. The van der Waals surface area contributed by atoms with E-state index in [1.165, 1.54) is 0 Å². The standard InChI is InChI=1S/C13H12O2.CH3NO/c1-4-10-6-5-7-11-12(14)8(2)9(3)15-13(10)11;2-1-3/h4-7H,1H2,2-3H3;1H,(H2,2,3). The van der Waals surface area contributed by atoms with Crippen LogP contribution in [0.2, 0.25) is 0 Å². The van der Waals surface area contributed by atoms with E-state index < -0.39 is 0 Å². The summed E-state index contributed by atoms with van der Waals surface area (Å²) in [4.78, 5) is 20.5. The average Bonchev–Trinajstić information content (AvgIpc) is 2.36. The zero-order valence-electron chi connectivity index (χ0n) is 10.4. The summed E-state index contributed by atoms with van der Waals surface area (Å²) >= 11 is 0. The van der Waals surface area contributed by atoms with Crippen molar-refractivity contribution in [2.45, 2.75) is 13.8 Å². The van der Waals surface area contributed by atoms with Gasteiger partial charge in [0.05, 0.1) is 5.39 Å². The molecule has 0 saturated heterocycles. The van der Waals surface area contributed by atoms with Crippen LogP contribution in [-0.4, -0.2) is 6.41 Å². The molecule has 0 radical (unpaired) electrons. The second-order valence-electron chi connectivity index (χ2n) is 3.68. The largest absolute Gasteiger partial charge is 0.460 e. The summed E-state index contributed by atoms with van der Waals surface area (Å²) in [6.45, 7) is 7.28. The van der Waals surface area contributed by atoms with Gasteiger partial charge in [0.25, 0.3) is 0 Å². The van der Waals surface area contributed by atoms with Crippen molar-refractivity contribution in [2.75, 3.05) is 0 Å². The van der Waals surface area contributed by atoms with Gasteiger partial charge in [-0.05, 0) is 19.9 Å². The van der Waals surface area contributed by atoms with E-state index in [0.29, 0.717) is 22.3 Å². The number of benzene rings is 1. The zero-order valence-corrected chi connectivity index (χ0v) is 10.4. The second-order valence-corrected chi connectivity index (χ2v) is 3.68. The first-order chi connectivity index (χ1) is 8.56. The van der Waals surface area contributed by atoms with Gasteiger partial charge in [-0.2, -0.15) is 0 Å². The number of aryl methyl sites for hydroxylation is 1. The monoisotopic (exact) mass is 245 g/mol. The molecule has 0 aliphatic heterocycles. The van der Waals surface area contributed by atoms with Gasteiger partial charge < -0.3 is 10.2 Å². The van der Waals surface area contributed by atoms with Crippen molar-refractivity contribution in [2.24, 2.45) is 5.73 Å². The van der Waals surface area contributed by atoms with Crippen LogP contribution in [-0.2, 0) is 4.79 Å². The third kappa shape index (κ3) is 2.48. The fourth-order valence-corrected chi connectivity index (χ4v) is 1.60. The van der Waals surface area contributed by atoms with Gasteiger partial charge in [0.2, 0.25) is 6.41 Å². The van der Waals surface area contributed by atoms with E-state index in [-0.39, 0.29) is 11.8 Å². The second kappa shape index (κ2) is 5.82. The number of fused-ring (bicyclic) bond motifs is 1. The molecule has 18 heavy (non-hydrogen) atoms. The van der Waals surface area contributed by atoms with Crippen molar-refractivity contribution in [1.82, 2.24) is 0 Å². The lowest BCUT2D eigenvalue weighted by Gasteiger charge is -2.04. The first-order valence-electron chi connectivity index (χ1n) is 5.37. The predicted octanol–water partition coefficient (Wildman–Crippen LogP) is 2.15. The SMILES string of the molecule is C=Cc1cccc2c(=O)c(C)c(C)oc12.NC=O. The Kier molecular flexibility index (Phi) is 4.43. The maximum Gasteiger partial charge on any atom is 0.204 e. The van der Waals surface area contributed by atoms with Crippen LogP contribution in [0.15, 0.2) is 34.0 Å². The van der Waals surface area contributed by atoms with Crippen LogP contribution in [0, 0.1) is 13.8 Å². The minimum absolute atomic E-state index is 0.0393. The summed E-state index contributed by atoms with van der Waals surface area (Å²) in [6, 6.07) is 5.50. The van der Waals surface area contributed by atoms with Gasteiger partial charge in [0.1, 0.15) is 11.3 Å². The fraction of sp³-hybridized carbons (Fsp3) is 0.143. The molecule has 1 aromatic heterocycles. The van der Waals surface area contributed by atoms with Crippen LogP contribution in [0.5, 0.6) is 0 Å². The Morgan fingerprint density at radius 3 is 2.50 bits per heavy atom. The highest BCUT2D eigenvalue weighted by Crippen LogP contribution is 2.19. The van der Waals surface area contributed by atoms with E-state index in [1.807, 2.05) is 12.1 Å². The van der Waals surface area contributed by atoms with Crippen LogP contribution in [0.25, 0.3) is 17.0 Å². The number of primary amides is 1. The van der Waals surface area contributed by atoms with E-state index in [1.54, 1.807) is 26.0 Å². The Labute approximate surface area is 105 Å². The molecule has 4 heteroatoms. The lowest BCUT2D eigenvalue weighted by molar-refractivity contribution is -0.106. The normalized spacial score (nSPS) is 9.44. The number of hydrogen-bond acceptors (Lipinski definition) is 3. The smallest absolute Gasteiger partial charge is 0.204 e. The summed E-state index contributed by atoms with van der Waals surface area (Å²) < 4.78 is 5.62. The average molecular weight is 245 g/mol. The highest BCUT2D eigenvalue weighted by Gasteiger charge is 2.08. The molecule has 0 atom stereocenters. The van der Waals surface area contributed by atoms with Gasteiger partial charge in [-0.3, -0.25) is 9.59 Å². The Bertz CT molecular complexity index is 641. The van der Waals surface area contributed by atoms with Crippen molar-refractivity contribution >= 4 is 23.5 Å². The van der Waals surface area contributed by atoms with Crippen LogP contribution < -0.4 is 11.2 Å². The summed E-state index contributed by atoms with van der Waals surface area (Å²) in [6.07, 6.45) is 1.94. The van der Waals surface area contributed by atoms with Gasteiger partial charge in [-0.1, -0.05) is 24.8 Å². The summed E-state index contributed by atoms with van der Waals surface area (Å²) in [7, 11) is 0. The molecule has 2 rings (SSSR count). The minimum Gasteiger partial charge on any atom is -0.460 e. The molecule has 0 bridgehead atoms. The van der Waals surface area contributed by atoms with Crippen molar-refractivity contribution in [3.8, 4) is 0 Å². The molecule has 0 saturated carbocycles. The van der Waals surface area contributed by atoms with Crippen LogP contribution >= 0.6 is 0 Å². The van der Waals surface area contributed by atoms with Crippen molar-refractivity contribution in [3.63, 3.8) is 0 Å². The number of carbonyl (C=O) groups excluding carboxylic acids is 1. The van der Waals surface area contributed by atoms with Crippen molar-refractivity contribution in [3.05, 3.63) is 51.9 Å². The van der Waals surface area contributed by atoms with E-state index in [9.17, 15) is 4.79 Å². The fourth-order valence-electron chi connectivity index (χ4n) is 1.60. The number of amides is 1. The molecule has 0 aliphatic rings. The minimum atomic E-state index is 0.0393. The van der Waals surface area contributed by atoms with Gasteiger partial charge in [0.15, 0.2) is 5.43 Å². The molecule has 0 spiro atoms. The van der Waals surface area contributed by atoms with Crippen LogP contribution in [0.1, 0.15) is 16.9 Å². The highest BCUT2D eigenvalue weighted by molar-refractivity contribution is 5.85. The molecule has 1 amide bonds. The Morgan fingerprint density at radius 2 is 1.94 bits per heavy atom. The third-order valence-corrected chi connectivity index (χ3v) is 2.63. The maximum absolute atomic E-state index is 11.9. The van der Waals surface area contributed by atoms with E-state index in [2.05, 4.69) is 12.3 Å². The Hall–Kier alpha value is -2.36. The van der Waals surface area contributed by atoms with Crippen molar-refractivity contribution in [1.29, 1.82) is 0 Å². The van der Waals surface area contributed by atoms with E-state index >= 15 is 0 Å². The lowest BCUT2D eigenvalue weighted by Crippen LogP contribution is -2.07. The zero-order chi connectivity index (χ0) is 13.7. The maximum atomic E-state index is 11.9. The first kappa shape index (κ1) is 13.7. The number of nitrogens with two attached hydrogens (primary N) is 1. The molecule has 2 aromatic rings. The predicted molar refractivity (Wildman–Crippen MR) is 72.3 cm³/mol. The van der Waals surface area contributed by atoms with Crippen molar-refractivity contribution < 1.29 is 9.21 Å². The molecule has 94 valence electrons.